The van der Waals surface area contributed by atoms with Crippen molar-refractivity contribution in [2.75, 3.05) is 13.6 Å². The van der Waals surface area contributed by atoms with Crippen molar-refractivity contribution < 1.29 is 9.59 Å². The predicted molar refractivity (Wildman–Crippen MR) is 106 cm³/mol. The molecule has 0 spiro atoms. The molecule has 0 radical (unpaired) electrons. The molecule has 1 aromatic carbocycles. The van der Waals surface area contributed by atoms with Gasteiger partial charge in [0.25, 0.3) is 5.91 Å². The van der Waals surface area contributed by atoms with Crippen LogP contribution in [0.2, 0.25) is 0 Å². The Kier molecular flexibility index (Phi) is 5.65. The summed E-state index contributed by atoms with van der Waals surface area (Å²) in [6.45, 7) is 4.57. The summed E-state index contributed by atoms with van der Waals surface area (Å²) in [4.78, 5) is 27.1. The van der Waals surface area contributed by atoms with Gasteiger partial charge in [0.15, 0.2) is 0 Å². The van der Waals surface area contributed by atoms with Crippen LogP contribution in [0.5, 0.6) is 0 Å². The molecule has 2 amide bonds. The SMILES string of the molecule is CC(C)NC(=O)[C@@H]1C[C@@H](NC(=O)c2ccc(-c3ccccc3)n2C)CN1C. The lowest BCUT2D eigenvalue weighted by Crippen LogP contribution is -2.43. The number of rotatable bonds is 5. The maximum Gasteiger partial charge on any atom is 0.268 e. The highest BCUT2D eigenvalue weighted by atomic mass is 16.2. The Bertz CT molecular complexity index is 813. The summed E-state index contributed by atoms with van der Waals surface area (Å²) in [5, 5.41) is 6.04. The van der Waals surface area contributed by atoms with Crippen LogP contribution in [-0.2, 0) is 11.8 Å². The fraction of sp³-hybridized carbons (Fsp3) is 0.429. The van der Waals surface area contributed by atoms with Crippen LogP contribution in [0.1, 0.15) is 30.8 Å². The second-order valence-electron chi connectivity index (χ2n) is 7.55. The summed E-state index contributed by atoms with van der Waals surface area (Å²) < 4.78 is 1.91. The summed E-state index contributed by atoms with van der Waals surface area (Å²) >= 11 is 0. The minimum Gasteiger partial charge on any atom is -0.353 e. The van der Waals surface area contributed by atoms with Gasteiger partial charge in [0.05, 0.1) is 6.04 Å². The zero-order chi connectivity index (χ0) is 19.6. The van der Waals surface area contributed by atoms with Crippen LogP contribution < -0.4 is 10.6 Å². The molecule has 1 aliphatic rings. The second-order valence-corrected chi connectivity index (χ2v) is 7.55. The van der Waals surface area contributed by atoms with Crippen LogP contribution >= 0.6 is 0 Å². The first-order valence-corrected chi connectivity index (χ1v) is 9.39. The summed E-state index contributed by atoms with van der Waals surface area (Å²) in [6, 6.07) is 13.7. The third-order valence-corrected chi connectivity index (χ3v) is 5.04. The molecule has 0 saturated carbocycles. The van der Waals surface area contributed by atoms with Crippen molar-refractivity contribution in [1.82, 2.24) is 20.1 Å². The number of carbonyl (C=O) groups excluding carboxylic acids is 2. The maximum absolute atomic E-state index is 12.8. The van der Waals surface area contributed by atoms with Crippen molar-refractivity contribution in [2.24, 2.45) is 7.05 Å². The maximum atomic E-state index is 12.8. The van der Waals surface area contributed by atoms with E-state index in [-0.39, 0.29) is 29.9 Å². The predicted octanol–water partition coefficient (Wildman–Crippen LogP) is 2.02. The van der Waals surface area contributed by atoms with Crippen LogP contribution in [0.3, 0.4) is 0 Å². The van der Waals surface area contributed by atoms with Gasteiger partial charge in [-0.05, 0) is 45.0 Å². The van der Waals surface area contributed by atoms with E-state index in [1.54, 1.807) is 0 Å². The van der Waals surface area contributed by atoms with Gasteiger partial charge in [-0.3, -0.25) is 14.5 Å². The van der Waals surface area contributed by atoms with Gasteiger partial charge in [-0.25, -0.2) is 0 Å². The highest BCUT2D eigenvalue weighted by molar-refractivity contribution is 5.94. The quantitative estimate of drug-likeness (QED) is 0.849. The molecule has 3 rings (SSSR count). The number of nitrogens with zero attached hydrogens (tertiary/aromatic N) is 2. The third-order valence-electron chi connectivity index (χ3n) is 5.04. The molecule has 1 saturated heterocycles. The number of benzene rings is 1. The normalized spacial score (nSPS) is 20.0. The highest BCUT2D eigenvalue weighted by Crippen LogP contribution is 2.22. The number of likely N-dealkylation sites (tertiary alicyclic amines) is 1. The molecule has 1 aliphatic heterocycles. The van der Waals surface area contributed by atoms with Crippen LogP contribution in [0.15, 0.2) is 42.5 Å². The minimum absolute atomic E-state index is 0.0227. The highest BCUT2D eigenvalue weighted by Gasteiger charge is 2.35. The molecule has 1 fully saturated rings. The minimum atomic E-state index is -0.203. The number of nitrogens with one attached hydrogen (secondary N) is 2. The van der Waals surface area contributed by atoms with E-state index in [0.717, 1.165) is 11.3 Å². The first kappa shape index (κ1) is 19.2. The molecule has 6 heteroatoms. The molecular weight excluding hydrogens is 340 g/mol. The summed E-state index contributed by atoms with van der Waals surface area (Å²) in [6.07, 6.45) is 0.622. The van der Waals surface area contributed by atoms with E-state index < -0.39 is 0 Å². The molecule has 2 N–H and O–H groups in total. The molecule has 27 heavy (non-hydrogen) atoms. The molecule has 0 unspecified atom stereocenters. The average Bonchev–Trinajstić information content (AvgIpc) is 3.17. The van der Waals surface area contributed by atoms with Gasteiger partial charge >= 0.3 is 0 Å². The molecule has 2 aromatic rings. The van der Waals surface area contributed by atoms with Gasteiger partial charge in [0.1, 0.15) is 5.69 Å². The molecule has 6 nitrogen and oxygen atoms in total. The Hall–Kier alpha value is -2.60. The summed E-state index contributed by atoms with van der Waals surface area (Å²) in [7, 11) is 3.82. The van der Waals surface area contributed by atoms with E-state index in [2.05, 4.69) is 10.6 Å². The van der Waals surface area contributed by atoms with Gasteiger partial charge in [-0.15, -0.1) is 0 Å². The van der Waals surface area contributed by atoms with Crippen molar-refractivity contribution in [3.05, 3.63) is 48.2 Å². The van der Waals surface area contributed by atoms with Gasteiger partial charge < -0.3 is 15.2 Å². The molecule has 1 aromatic heterocycles. The number of amides is 2. The Morgan fingerprint density at radius 1 is 1.07 bits per heavy atom. The standard InChI is InChI=1S/C21H28N4O2/c1-14(2)22-21(27)19-12-16(13-24(19)3)23-20(26)18-11-10-17(25(18)4)15-8-6-5-7-9-15/h5-11,14,16,19H,12-13H2,1-4H3,(H,22,27)(H,23,26)/t16-,19+/m1/s1. The molecule has 2 atom stereocenters. The van der Waals surface area contributed by atoms with Crippen LogP contribution in [0, 0.1) is 0 Å². The zero-order valence-corrected chi connectivity index (χ0v) is 16.4. The van der Waals surface area contributed by atoms with Gasteiger partial charge in [0.2, 0.25) is 5.91 Å². The van der Waals surface area contributed by atoms with Crippen LogP contribution in [0.25, 0.3) is 11.3 Å². The van der Waals surface area contributed by atoms with E-state index in [0.29, 0.717) is 18.7 Å². The Morgan fingerprint density at radius 3 is 2.44 bits per heavy atom. The monoisotopic (exact) mass is 368 g/mol. The van der Waals surface area contributed by atoms with E-state index in [9.17, 15) is 9.59 Å². The van der Waals surface area contributed by atoms with Crippen LogP contribution in [0.4, 0.5) is 0 Å². The molecule has 0 aliphatic carbocycles. The smallest absolute Gasteiger partial charge is 0.268 e. The molecular formula is C21H28N4O2. The van der Waals surface area contributed by atoms with Crippen molar-refractivity contribution in [3.8, 4) is 11.3 Å². The lowest BCUT2D eigenvalue weighted by molar-refractivity contribution is -0.125. The first-order valence-electron chi connectivity index (χ1n) is 9.39. The average molecular weight is 368 g/mol. The lowest BCUT2D eigenvalue weighted by atomic mass is 10.1. The molecule has 0 bridgehead atoms. The number of hydrogen-bond donors (Lipinski definition) is 2. The topological polar surface area (TPSA) is 66.4 Å². The summed E-state index contributed by atoms with van der Waals surface area (Å²) in [5.41, 5.74) is 2.69. The Labute approximate surface area is 160 Å². The van der Waals surface area contributed by atoms with E-state index >= 15 is 0 Å². The van der Waals surface area contributed by atoms with Gasteiger partial charge in [-0.1, -0.05) is 30.3 Å². The number of carbonyl (C=O) groups is 2. The first-order chi connectivity index (χ1) is 12.9. The fourth-order valence-corrected chi connectivity index (χ4v) is 3.69. The van der Waals surface area contributed by atoms with Crippen LogP contribution in [-0.4, -0.2) is 53.0 Å². The largest absolute Gasteiger partial charge is 0.353 e. The Balaban J connectivity index is 1.66. The third kappa shape index (κ3) is 4.22. The van der Waals surface area contributed by atoms with Crippen molar-refractivity contribution in [3.63, 3.8) is 0 Å². The second kappa shape index (κ2) is 7.96. The summed E-state index contributed by atoms with van der Waals surface area (Å²) in [5.74, 6) is -0.0857. The fourth-order valence-electron chi connectivity index (χ4n) is 3.69. The van der Waals surface area contributed by atoms with Crippen molar-refractivity contribution in [2.45, 2.75) is 38.4 Å². The van der Waals surface area contributed by atoms with Gasteiger partial charge in [0, 0.05) is 31.4 Å². The van der Waals surface area contributed by atoms with E-state index in [4.69, 9.17) is 0 Å². The van der Waals surface area contributed by atoms with E-state index in [1.807, 2.05) is 79.9 Å². The van der Waals surface area contributed by atoms with Crippen molar-refractivity contribution in [1.29, 1.82) is 0 Å². The zero-order valence-electron chi connectivity index (χ0n) is 16.4. The number of aromatic nitrogens is 1. The Morgan fingerprint density at radius 2 is 1.78 bits per heavy atom. The number of hydrogen-bond acceptors (Lipinski definition) is 3. The van der Waals surface area contributed by atoms with E-state index in [1.165, 1.54) is 0 Å². The lowest BCUT2D eigenvalue weighted by Gasteiger charge is -2.19. The van der Waals surface area contributed by atoms with Crippen molar-refractivity contribution >= 4 is 11.8 Å². The van der Waals surface area contributed by atoms with Gasteiger partial charge in [-0.2, -0.15) is 0 Å². The molecule has 144 valence electrons. The molecule has 2 heterocycles. The number of likely N-dealkylation sites (N-methyl/N-ethyl adjacent to an activating group) is 1.